The van der Waals surface area contributed by atoms with E-state index in [-0.39, 0.29) is 0 Å². The Kier molecular flexibility index (Phi) is 4.08. The van der Waals surface area contributed by atoms with Crippen molar-refractivity contribution < 1.29 is 0 Å². The van der Waals surface area contributed by atoms with Gasteiger partial charge in [-0.1, -0.05) is 9.39 Å². The molecule has 2 unspecified atom stereocenters. The van der Waals surface area contributed by atoms with Crippen LogP contribution in [0.5, 0.6) is 0 Å². The van der Waals surface area contributed by atoms with Crippen LogP contribution in [0.15, 0.2) is 0 Å². The maximum atomic E-state index is 5.76. The standard InChI is InChI=1S/C7H16ClN2P/c1-7(6-8)9-2-4-10(11)5-3-9/h7H,2-6,11H2,1H3. The predicted octanol–water partition coefficient (Wildman–Crippen LogP) is 1.02. The summed E-state index contributed by atoms with van der Waals surface area (Å²) < 4.78 is 2.28. The molecule has 0 amide bonds. The number of rotatable bonds is 2. The first-order valence-electron chi connectivity index (χ1n) is 4.03. The van der Waals surface area contributed by atoms with Gasteiger partial charge >= 0.3 is 0 Å². The molecule has 1 fully saturated rings. The zero-order valence-electron chi connectivity index (χ0n) is 6.96. The Morgan fingerprint density at radius 3 is 2.36 bits per heavy atom. The first-order valence-corrected chi connectivity index (χ1v) is 5.09. The van der Waals surface area contributed by atoms with Gasteiger partial charge in [-0.2, -0.15) is 0 Å². The summed E-state index contributed by atoms with van der Waals surface area (Å²) in [7, 11) is 2.74. The summed E-state index contributed by atoms with van der Waals surface area (Å²) in [5, 5.41) is 0. The molecule has 0 radical (unpaired) electrons. The monoisotopic (exact) mass is 194 g/mol. The Balaban J connectivity index is 2.27. The number of halogens is 1. The lowest BCUT2D eigenvalue weighted by atomic mass is 10.3. The van der Waals surface area contributed by atoms with Crippen LogP contribution in [-0.2, 0) is 0 Å². The fraction of sp³-hybridized carbons (Fsp3) is 1.00. The van der Waals surface area contributed by atoms with Crippen LogP contribution in [0.1, 0.15) is 6.92 Å². The van der Waals surface area contributed by atoms with E-state index < -0.39 is 0 Å². The highest BCUT2D eigenvalue weighted by atomic mass is 35.5. The molecule has 0 bridgehead atoms. The van der Waals surface area contributed by atoms with E-state index in [1.54, 1.807) is 0 Å². The van der Waals surface area contributed by atoms with Gasteiger partial charge < -0.3 is 0 Å². The van der Waals surface area contributed by atoms with Gasteiger partial charge in [0.05, 0.1) is 0 Å². The summed E-state index contributed by atoms with van der Waals surface area (Å²) in [5.41, 5.74) is 0. The average Bonchev–Trinajstić information content (AvgIpc) is 2.05. The maximum Gasteiger partial charge on any atom is 0.0376 e. The Labute approximate surface area is 76.1 Å². The van der Waals surface area contributed by atoms with E-state index in [1.165, 1.54) is 0 Å². The van der Waals surface area contributed by atoms with Crippen molar-refractivity contribution in [3.8, 4) is 0 Å². The second kappa shape index (κ2) is 4.61. The van der Waals surface area contributed by atoms with Crippen LogP contribution < -0.4 is 0 Å². The van der Waals surface area contributed by atoms with Crippen LogP contribution in [0.3, 0.4) is 0 Å². The maximum absolute atomic E-state index is 5.76. The van der Waals surface area contributed by atoms with Gasteiger partial charge in [-0.25, -0.2) is 0 Å². The van der Waals surface area contributed by atoms with Crippen molar-refractivity contribution in [2.24, 2.45) is 0 Å². The molecule has 1 rings (SSSR count). The van der Waals surface area contributed by atoms with Crippen LogP contribution in [0.4, 0.5) is 0 Å². The molecule has 1 heterocycles. The van der Waals surface area contributed by atoms with Crippen molar-refractivity contribution >= 4 is 21.0 Å². The molecule has 0 aliphatic carbocycles. The minimum atomic E-state index is 0.537. The van der Waals surface area contributed by atoms with Crippen molar-refractivity contribution in [1.29, 1.82) is 0 Å². The minimum Gasteiger partial charge on any atom is -0.297 e. The van der Waals surface area contributed by atoms with Crippen LogP contribution in [0, 0.1) is 0 Å². The van der Waals surface area contributed by atoms with Gasteiger partial charge in [0.15, 0.2) is 0 Å². The second-order valence-corrected chi connectivity index (χ2v) is 4.11. The summed E-state index contributed by atoms with van der Waals surface area (Å²) in [6, 6.07) is 0.537. The topological polar surface area (TPSA) is 6.48 Å². The molecule has 0 aromatic heterocycles. The van der Waals surface area contributed by atoms with E-state index in [0.717, 1.165) is 32.1 Å². The SMILES string of the molecule is CC(CCl)N1CCN(P)CC1. The fourth-order valence-corrected chi connectivity index (χ4v) is 1.70. The molecule has 0 spiro atoms. The summed E-state index contributed by atoms with van der Waals surface area (Å²) in [4.78, 5) is 2.44. The lowest BCUT2D eigenvalue weighted by Gasteiger charge is -2.35. The van der Waals surface area contributed by atoms with Gasteiger partial charge in [-0.3, -0.25) is 9.57 Å². The number of nitrogens with zero attached hydrogens (tertiary/aromatic N) is 2. The van der Waals surface area contributed by atoms with E-state index in [1.807, 2.05) is 0 Å². The molecule has 0 N–H and O–H groups in total. The molecule has 0 aromatic rings. The predicted molar refractivity (Wildman–Crippen MR) is 53.0 cm³/mol. The minimum absolute atomic E-state index is 0.537. The Morgan fingerprint density at radius 1 is 1.36 bits per heavy atom. The van der Waals surface area contributed by atoms with Gasteiger partial charge in [0, 0.05) is 38.1 Å². The lowest BCUT2D eigenvalue weighted by Crippen LogP contribution is -2.46. The summed E-state index contributed by atoms with van der Waals surface area (Å²) in [5.74, 6) is 0.747. The summed E-state index contributed by atoms with van der Waals surface area (Å²) in [6.07, 6.45) is 0. The molecule has 4 heteroatoms. The van der Waals surface area contributed by atoms with Crippen molar-refractivity contribution in [3.63, 3.8) is 0 Å². The molecule has 66 valence electrons. The fourth-order valence-electron chi connectivity index (χ4n) is 1.28. The molecule has 1 saturated heterocycles. The highest BCUT2D eigenvalue weighted by Gasteiger charge is 2.17. The molecule has 1 aliphatic rings. The van der Waals surface area contributed by atoms with Gasteiger partial charge in [-0.15, -0.1) is 11.6 Å². The lowest BCUT2D eigenvalue weighted by molar-refractivity contribution is 0.161. The van der Waals surface area contributed by atoms with Crippen LogP contribution in [0.25, 0.3) is 0 Å². The van der Waals surface area contributed by atoms with Crippen LogP contribution in [0.2, 0.25) is 0 Å². The number of hydrogen-bond donors (Lipinski definition) is 0. The summed E-state index contributed by atoms with van der Waals surface area (Å²) in [6.45, 7) is 6.78. The van der Waals surface area contributed by atoms with Crippen molar-refractivity contribution in [2.75, 3.05) is 32.1 Å². The van der Waals surface area contributed by atoms with Crippen LogP contribution in [-0.4, -0.2) is 47.7 Å². The Morgan fingerprint density at radius 2 is 1.91 bits per heavy atom. The normalized spacial score (nSPS) is 25.4. The zero-order chi connectivity index (χ0) is 8.27. The zero-order valence-corrected chi connectivity index (χ0v) is 8.87. The Bertz CT molecular complexity index is 115. The largest absolute Gasteiger partial charge is 0.297 e. The van der Waals surface area contributed by atoms with Crippen LogP contribution >= 0.6 is 21.0 Å². The van der Waals surface area contributed by atoms with E-state index in [2.05, 4.69) is 25.9 Å². The van der Waals surface area contributed by atoms with Crippen molar-refractivity contribution in [2.45, 2.75) is 13.0 Å². The highest BCUT2D eigenvalue weighted by molar-refractivity contribution is 7.13. The van der Waals surface area contributed by atoms with E-state index in [4.69, 9.17) is 11.6 Å². The molecular weight excluding hydrogens is 179 g/mol. The Hall–Kier alpha value is 0.640. The van der Waals surface area contributed by atoms with Gasteiger partial charge in [0.25, 0.3) is 0 Å². The number of hydrogen-bond acceptors (Lipinski definition) is 2. The molecular formula is C7H16ClN2P. The van der Waals surface area contributed by atoms with Crippen molar-refractivity contribution in [3.05, 3.63) is 0 Å². The molecule has 0 aromatic carbocycles. The van der Waals surface area contributed by atoms with E-state index in [0.29, 0.717) is 6.04 Å². The van der Waals surface area contributed by atoms with Crippen molar-refractivity contribution in [1.82, 2.24) is 9.57 Å². The van der Waals surface area contributed by atoms with E-state index in [9.17, 15) is 0 Å². The molecule has 2 nitrogen and oxygen atoms in total. The third kappa shape index (κ3) is 2.87. The molecule has 11 heavy (non-hydrogen) atoms. The smallest absolute Gasteiger partial charge is 0.0376 e. The first-order chi connectivity index (χ1) is 5.24. The number of alkyl halides is 1. The highest BCUT2D eigenvalue weighted by Crippen LogP contribution is 2.09. The number of piperazine rings is 1. The third-order valence-electron chi connectivity index (χ3n) is 2.20. The summed E-state index contributed by atoms with van der Waals surface area (Å²) >= 11 is 5.76. The average molecular weight is 195 g/mol. The second-order valence-electron chi connectivity index (χ2n) is 3.08. The third-order valence-corrected chi connectivity index (χ3v) is 3.16. The molecule has 2 atom stereocenters. The van der Waals surface area contributed by atoms with Gasteiger partial charge in [0.1, 0.15) is 0 Å². The molecule has 0 saturated carbocycles. The van der Waals surface area contributed by atoms with E-state index >= 15 is 0 Å². The van der Waals surface area contributed by atoms with Gasteiger partial charge in [-0.05, 0) is 6.92 Å². The molecule has 1 aliphatic heterocycles. The quantitative estimate of drug-likeness (QED) is 0.479. The van der Waals surface area contributed by atoms with Gasteiger partial charge in [0.2, 0.25) is 0 Å². The first kappa shape index (κ1) is 9.73.